The Bertz CT molecular complexity index is 61.5. The second kappa shape index (κ2) is 3.05. The van der Waals surface area contributed by atoms with Gasteiger partial charge in [0.1, 0.15) is 0 Å². The lowest BCUT2D eigenvalue weighted by molar-refractivity contribution is 0.393. The molecule has 48 valence electrons. The van der Waals surface area contributed by atoms with Crippen molar-refractivity contribution < 1.29 is 4.74 Å². The van der Waals surface area contributed by atoms with Crippen LogP contribution in [0.15, 0.2) is 0 Å². The SMILES string of the molecule is CCNCCC1CO1. The van der Waals surface area contributed by atoms with Crippen molar-refractivity contribution in [3.05, 3.63) is 0 Å². The van der Waals surface area contributed by atoms with Gasteiger partial charge in [0.15, 0.2) is 0 Å². The van der Waals surface area contributed by atoms with Crippen LogP contribution in [0.1, 0.15) is 13.3 Å². The predicted molar refractivity (Wildman–Crippen MR) is 32.9 cm³/mol. The molecular weight excluding hydrogens is 102 g/mol. The summed E-state index contributed by atoms with van der Waals surface area (Å²) in [7, 11) is 0. The van der Waals surface area contributed by atoms with E-state index < -0.39 is 0 Å². The van der Waals surface area contributed by atoms with Crippen LogP contribution < -0.4 is 5.32 Å². The van der Waals surface area contributed by atoms with Crippen LogP contribution in [0.25, 0.3) is 0 Å². The van der Waals surface area contributed by atoms with Crippen molar-refractivity contribution in [2.45, 2.75) is 19.4 Å². The fourth-order valence-corrected chi connectivity index (χ4v) is 0.675. The average molecular weight is 115 g/mol. The van der Waals surface area contributed by atoms with E-state index in [2.05, 4.69) is 12.2 Å². The van der Waals surface area contributed by atoms with Crippen molar-refractivity contribution >= 4 is 0 Å². The summed E-state index contributed by atoms with van der Waals surface area (Å²) in [4.78, 5) is 0. The number of hydrogen-bond acceptors (Lipinski definition) is 2. The molecule has 0 aromatic carbocycles. The smallest absolute Gasteiger partial charge is 0.0822 e. The fourth-order valence-electron chi connectivity index (χ4n) is 0.675. The van der Waals surface area contributed by atoms with E-state index in [0.717, 1.165) is 19.7 Å². The third-order valence-electron chi connectivity index (χ3n) is 1.30. The molecule has 2 heteroatoms. The Morgan fingerprint density at radius 2 is 2.50 bits per heavy atom. The van der Waals surface area contributed by atoms with E-state index in [1.807, 2.05) is 0 Å². The van der Waals surface area contributed by atoms with Gasteiger partial charge in [0.05, 0.1) is 12.7 Å². The van der Waals surface area contributed by atoms with Crippen LogP contribution in [0, 0.1) is 0 Å². The van der Waals surface area contributed by atoms with Gasteiger partial charge in [-0.3, -0.25) is 0 Å². The minimum atomic E-state index is 0.592. The normalized spacial score (nSPS) is 25.9. The van der Waals surface area contributed by atoms with Gasteiger partial charge >= 0.3 is 0 Å². The van der Waals surface area contributed by atoms with Gasteiger partial charge in [-0.15, -0.1) is 0 Å². The largest absolute Gasteiger partial charge is 0.373 e. The number of nitrogens with one attached hydrogen (secondary N) is 1. The highest BCUT2D eigenvalue weighted by atomic mass is 16.6. The minimum Gasteiger partial charge on any atom is -0.373 e. The molecule has 1 saturated heterocycles. The van der Waals surface area contributed by atoms with Crippen LogP contribution in [-0.2, 0) is 4.74 Å². The van der Waals surface area contributed by atoms with Gasteiger partial charge in [-0.05, 0) is 19.5 Å². The van der Waals surface area contributed by atoms with Crippen LogP contribution in [0.3, 0.4) is 0 Å². The van der Waals surface area contributed by atoms with Crippen molar-refractivity contribution in [1.29, 1.82) is 0 Å². The van der Waals surface area contributed by atoms with E-state index >= 15 is 0 Å². The van der Waals surface area contributed by atoms with Gasteiger partial charge < -0.3 is 10.1 Å². The van der Waals surface area contributed by atoms with Crippen LogP contribution in [0.4, 0.5) is 0 Å². The molecule has 2 nitrogen and oxygen atoms in total. The summed E-state index contributed by atoms with van der Waals surface area (Å²) in [5.41, 5.74) is 0. The Labute approximate surface area is 50.2 Å². The Balaban J connectivity index is 1.74. The minimum absolute atomic E-state index is 0.592. The van der Waals surface area contributed by atoms with Crippen molar-refractivity contribution in [2.24, 2.45) is 0 Å². The maximum atomic E-state index is 5.02. The summed E-state index contributed by atoms with van der Waals surface area (Å²) in [6.45, 7) is 5.30. The van der Waals surface area contributed by atoms with Gasteiger partial charge in [0.2, 0.25) is 0 Å². The fraction of sp³-hybridized carbons (Fsp3) is 1.00. The molecule has 1 atom stereocenters. The summed E-state index contributed by atoms with van der Waals surface area (Å²) >= 11 is 0. The molecule has 1 aliphatic rings. The summed E-state index contributed by atoms with van der Waals surface area (Å²) in [5, 5.41) is 3.24. The zero-order chi connectivity index (χ0) is 5.82. The first-order valence-electron chi connectivity index (χ1n) is 3.26. The number of rotatable bonds is 4. The van der Waals surface area contributed by atoms with Gasteiger partial charge in [-0.2, -0.15) is 0 Å². The van der Waals surface area contributed by atoms with E-state index in [9.17, 15) is 0 Å². The Morgan fingerprint density at radius 3 is 3.00 bits per heavy atom. The van der Waals surface area contributed by atoms with Gasteiger partial charge in [-0.25, -0.2) is 0 Å². The maximum absolute atomic E-state index is 5.02. The third-order valence-corrected chi connectivity index (χ3v) is 1.30. The molecule has 0 saturated carbocycles. The first-order valence-corrected chi connectivity index (χ1v) is 3.26. The number of epoxide rings is 1. The highest BCUT2D eigenvalue weighted by molar-refractivity contribution is 4.69. The van der Waals surface area contributed by atoms with Crippen molar-refractivity contribution in [2.75, 3.05) is 19.7 Å². The van der Waals surface area contributed by atoms with Crippen LogP contribution in [0.5, 0.6) is 0 Å². The van der Waals surface area contributed by atoms with E-state index in [4.69, 9.17) is 4.74 Å². The maximum Gasteiger partial charge on any atom is 0.0822 e. The highest BCUT2D eigenvalue weighted by Crippen LogP contribution is 2.11. The molecule has 0 aliphatic carbocycles. The van der Waals surface area contributed by atoms with Crippen molar-refractivity contribution in [3.63, 3.8) is 0 Å². The highest BCUT2D eigenvalue weighted by Gasteiger charge is 2.20. The molecule has 0 amide bonds. The monoisotopic (exact) mass is 115 g/mol. The van der Waals surface area contributed by atoms with E-state index in [1.165, 1.54) is 6.42 Å². The lowest BCUT2D eigenvalue weighted by Crippen LogP contribution is -2.15. The van der Waals surface area contributed by atoms with Crippen molar-refractivity contribution in [1.82, 2.24) is 5.32 Å². The van der Waals surface area contributed by atoms with Crippen molar-refractivity contribution in [3.8, 4) is 0 Å². The molecule has 8 heavy (non-hydrogen) atoms. The quantitative estimate of drug-likeness (QED) is 0.423. The van der Waals surface area contributed by atoms with Gasteiger partial charge in [0.25, 0.3) is 0 Å². The molecule has 1 fully saturated rings. The first kappa shape index (κ1) is 6.05. The Hall–Kier alpha value is -0.0800. The summed E-state index contributed by atoms with van der Waals surface area (Å²) < 4.78 is 5.02. The first-order chi connectivity index (χ1) is 3.93. The molecule has 1 heterocycles. The van der Waals surface area contributed by atoms with Gasteiger partial charge in [-0.1, -0.05) is 6.92 Å². The molecule has 1 unspecified atom stereocenters. The zero-order valence-corrected chi connectivity index (χ0v) is 5.31. The summed E-state index contributed by atoms with van der Waals surface area (Å²) in [5.74, 6) is 0. The topological polar surface area (TPSA) is 24.6 Å². The van der Waals surface area contributed by atoms with E-state index in [1.54, 1.807) is 0 Å². The molecule has 1 N–H and O–H groups in total. The second-order valence-corrected chi connectivity index (χ2v) is 2.10. The van der Waals surface area contributed by atoms with E-state index in [0.29, 0.717) is 6.10 Å². The molecule has 0 bridgehead atoms. The van der Waals surface area contributed by atoms with E-state index in [-0.39, 0.29) is 0 Å². The number of hydrogen-bond donors (Lipinski definition) is 1. The molecular formula is C6H13NO. The Morgan fingerprint density at radius 1 is 1.75 bits per heavy atom. The van der Waals surface area contributed by atoms with Crippen LogP contribution >= 0.6 is 0 Å². The lowest BCUT2D eigenvalue weighted by atomic mass is 10.3. The summed E-state index contributed by atoms with van der Waals surface area (Å²) in [6.07, 6.45) is 1.78. The molecule has 1 rings (SSSR count). The molecule has 0 aromatic heterocycles. The average Bonchev–Trinajstić information content (AvgIpc) is 2.51. The molecule has 0 spiro atoms. The molecule has 0 aromatic rings. The summed E-state index contributed by atoms with van der Waals surface area (Å²) in [6, 6.07) is 0. The van der Waals surface area contributed by atoms with Gasteiger partial charge in [0, 0.05) is 0 Å². The molecule has 1 aliphatic heterocycles. The Kier molecular flexibility index (Phi) is 2.30. The second-order valence-electron chi connectivity index (χ2n) is 2.10. The van der Waals surface area contributed by atoms with Crippen LogP contribution in [-0.4, -0.2) is 25.8 Å². The predicted octanol–water partition coefficient (Wildman–Crippen LogP) is 0.385. The lowest BCUT2D eigenvalue weighted by Gasteiger charge is -1.95. The number of ether oxygens (including phenoxy) is 1. The molecule has 0 radical (unpaired) electrons. The zero-order valence-electron chi connectivity index (χ0n) is 5.31. The van der Waals surface area contributed by atoms with Crippen LogP contribution in [0.2, 0.25) is 0 Å². The standard InChI is InChI=1S/C6H13NO/c1-2-7-4-3-6-5-8-6/h6-7H,2-5H2,1H3. The third kappa shape index (κ3) is 2.28.